The van der Waals surface area contributed by atoms with Crippen LogP contribution >= 0.6 is 15.9 Å². The number of nitrogens with two attached hydrogens (primary N) is 1. The monoisotopic (exact) mass is 289 g/mol. The Labute approximate surface area is 104 Å². The molecule has 0 aromatic heterocycles. The highest BCUT2D eigenvalue weighted by atomic mass is 79.9. The van der Waals surface area contributed by atoms with Crippen LogP contribution < -0.4 is 10.5 Å². The highest BCUT2D eigenvalue weighted by molar-refractivity contribution is 9.10. The van der Waals surface area contributed by atoms with Crippen molar-refractivity contribution in [1.29, 1.82) is 0 Å². The molecule has 0 amide bonds. The van der Waals surface area contributed by atoms with Crippen LogP contribution in [0.15, 0.2) is 22.7 Å². The molecule has 2 nitrogen and oxygen atoms in total. The Balaban J connectivity index is 2.49. The van der Waals surface area contributed by atoms with Gasteiger partial charge in [0.25, 0.3) is 0 Å². The van der Waals surface area contributed by atoms with Crippen LogP contribution in [0.3, 0.4) is 0 Å². The van der Waals surface area contributed by atoms with E-state index in [0.29, 0.717) is 23.4 Å². The Morgan fingerprint density at radius 2 is 2.06 bits per heavy atom. The van der Waals surface area contributed by atoms with Crippen LogP contribution in [0.4, 0.5) is 4.39 Å². The second-order valence-corrected chi connectivity index (χ2v) is 5.49. The largest absolute Gasteiger partial charge is 0.493 e. The van der Waals surface area contributed by atoms with Gasteiger partial charge in [0.15, 0.2) is 0 Å². The van der Waals surface area contributed by atoms with E-state index in [1.54, 1.807) is 6.07 Å². The molecule has 0 atom stereocenters. The van der Waals surface area contributed by atoms with Gasteiger partial charge in [-0.1, -0.05) is 29.8 Å². The second-order valence-electron chi connectivity index (χ2n) is 4.57. The highest BCUT2D eigenvalue weighted by Crippen LogP contribution is 2.22. The first-order chi connectivity index (χ1) is 7.43. The quantitative estimate of drug-likeness (QED) is 0.902. The smallest absolute Gasteiger partial charge is 0.128 e. The predicted octanol–water partition coefficient (Wildman–Crippen LogP) is 3.34. The Morgan fingerprint density at radius 3 is 2.62 bits per heavy atom. The van der Waals surface area contributed by atoms with Crippen molar-refractivity contribution < 1.29 is 9.13 Å². The van der Waals surface area contributed by atoms with E-state index >= 15 is 0 Å². The van der Waals surface area contributed by atoms with Gasteiger partial charge in [-0.2, -0.15) is 0 Å². The third-order valence-electron chi connectivity index (χ3n) is 2.44. The van der Waals surface area contributed by atoms with E-state index in [-0.39, 0.29) is 11.2 Å². The normalized spacial score (nSPS) is 11.6. The fraction of sp³-hybridized carbons (Fsp3) is 0.500. The van der Waals surface area contributed by atoms with Crippen molar-refractivity contribution in [2.45, 2.75) is 20.3 Å². The molecule has 0 aliphatic heterocycles. The first-order valence-corrected chi connectivity index (χ1v) is 6.01. The van der Waals surface area contributed by atoms with Gasteiger partial charge in [0, 0.05) is 10.5 Å². The summed E-state index contributed by atoms with van der Waals surface area (Å²) in [7, 11) is 0. The summed E-state index contributed by atoms with van der Waals surface area (Å²) in [6, 6.07) is 4.52. The van der Waals surface area contributed by atoms with E-state index in [1.165, 1.54) is 12.1 Å². The zero-order valence-electron chi connectivity index (χ0n) is 9.59. The van der Waals surface area contributed by atoms with Crippen LogP contribution in [-0.2, 0) is 0 Å². The molecule has 0 spiro atoms. The van der Waals surface area contributed by atoms with Crippen molar-refractivity contribution in [3.05, 3.63) is 28.5 Å². The summed E-state index contributed by atoms with van der Waals surface area (Å²) in [5.41, 5.74) is 5.67. The molecular formula is C12H17BrFNO. The van der Waals surface area contributed by atoms with E-state index in [4.69, 9.17) is 10.5 Å². The van der Waals surface area contributed by atoms with Crippen molar-refractivity contribution in [3.63, 3.8) is 0 Å². The lowest BCUT2D eigenvalue weighted by molar-refractivity contribution is 0.233. The van der Waals surface area contributed by atoms with E-state index in [0.717, 1.165) is 6.42 Å². The summed E-state index contributed by atoms with van der Waals surface area (Å²) < 4.78 is 19.2. The van der Waals surface area contributed by atoms with Gasteiger partial charge in [0.1, 0.15) is 11.6 Å². The lowest BCUT2D eigenvalue weighted by Crippen LogP contribution is -2.25. The van der Waals surface area contributed by atoms with Crippen molar-refractivity contribution in [2.24, 2.45) is 11.1 Å². The number of halogens is 2. The van der Waals surface area contributed by atoms with Crippen LogP contribution in [0.25, 0.3) is 0 Å². The summed E-state index contributed by atoms with van der Waals surface area (Å²) in [5, 5.41) is 0. The average molecular weight is 290 g/mol. The van der Waals surface area contributed by atoms with Gasteiger partial charge < -0.3 is 10.5 Å². The van der Waals surface area contributed by atoms with Gasteiger partial charge in [-0.25, -0.2) is 4.39 Å². The van der Waals surface area contributed by atoms with Crippen molar-refractivity contribution in [2.75, 3.05) is 13.2 Å². The third-order valence-corrected chi connectivity index (χ3v) is 2.89. The lowest BCUT2D eigenvalue weighted by atomic mass is 9.90. The fourth-order valence-corrected chi connectivity index (χ4v) is 1.60. The summed E-state index contributed by atoms with van der Waals surface area (Å²) in [6.45, 7) is 5.32. The molecular weight excluding hydrogens is 273 g/mol. The molecule has 16 heavy (non-hydrogen) atoms. The van der Waals surface area contributed by atoms with Crippen LogP contribution in [0.1, 0.15) is 20.3 Å². The minimum Gasteiger partial charge on any atom is -0.493 e. The number of ether oxygens (including phenoxy) is 1. The first kappa shape index (κ1) is 13.5. The maximum atomic E-state index is 13.0. The van der Waals surface area contributed by atoms with Gasteiger partial charge in [0.2, 0.25) is 0 Å². The topological polar surface area (TPSA) is 35.2 Å². The SMILES string of the molecule is CC(C)(CN)CCOc1cc(F)cc(Br)c1. The van der Waals surface area contributed by atoms with Gasteiger partial charge >= 0.3 is 0 Å². The van der Waals surface area contributed by atoms with Gasteiger partial charge in [-0.3, -0.25) is 0 Å². The van der Waals surface area contributed by atoms with Crippen molar-refractivity contribution in [1.82, 2.24) is 0 Å². The number of hydrogen-bond donors (Lipinski definition) is 1. The fourth-order valence-electron chi connectivity index (χ4n) is 1.16. The number of rotatable bonds is 5. The molecule has 4 heteroatoms. The zero-order valence-corrected chi connectivity index (χ0v) is 11.2. The molecule has 1 aromatic rings. The molecule has 0 saturated carbocycles. The Bertz CT molecular complexity index is 335. The molecule has 0 aliphatic carbocycles. The Kier molecular flexibility index (Phi) is 4.74. The molecule has 0 radical (unpaired) electrons. The highest BCUT2D eigenvalue weighted by Gasteiger charge is 2.15. The average Bonchev–Trinajstić information content (AvgIpc) is 2.16. The summed E-state index contributed by atoms with van der Waals surface area (Å²) in [4.78, 5) is 0. The molecule has 0 unspecified atom stereocenters. The zero-order chi connectivity index (χ0) is 12.2. The van der Waals surface area contributed by atoms with Gasteiger partial charge in [-0.05, 0) is 30.5 Å². The molecule has 90 valence electrons. The Hall–Kier alpha value is -0.610. The van der Waals surface area contributed by atoms with Crippen molar-refractivity contribution >= 4 is 15.9 Å². The minimum absolute atomic E-state index is 0.0601. The predicted molar refractivity (Wildman–Crippen MR) is 67.0 cm³/mol. The van der Waals surface area contributed by atoms with E-state index in [9.17, 15) is 4.39 Å². The molecule has 0 fully saturated rings. The molecule has 0 saturated heterocycles. The Morgan fingerprint density at radius 1 is 1.38 bits per heavy atom. The molecule has 2 N–H and O–H groups in total. The summed E-state index contributed by atoms with van der Waals surface area (Å²) in [6.07, 6.45) is 0.845. The standard InChI is InChI=1S/C12H17BrFNO/c1-12(2,8-15)3-4-16-11-6-9(13)5-10(14)7-11/h5-7H,3-4,8,15H2,1-2H3. The van der Waals surface area contributed by atoms with E-state index in [2.05, 4.69) is 29.8 Å². The van der Waals surface area contributed by atoms with Gasteiger partial charge in [0.05, 0.1) is 6.61 Å². The van der Waals surface area contributed by atoms with Crippen LogP contribution in [0, 0.1) is 11.2 Å². The van der Waals surface area contributed by atoms with Crippen LogP contribution in [-0.4, -0.2) is 13.2 Å². The first-order valence-electron chi connectivity index (χ1n) is 5.22. The lowest BCUT2D eigenvalue weighted by Gasteiger charge is -2.22. The maximum Gasteiger partial charge on any atom is 0.128 e. The summed E-state index contributed by atoms with van der Waals surface area (Å²) >= 11 is 3.22. The summed E-state index contributed by atoms with van der Waals surface area (Å²) in [5.74, 6) is 0.238. The maximum absolute atomic E-state index is 13.0. The molecule has 0 aliphatic rings. The second kappa shape index (κ2) is 5.64. The van der Waals surface area contributed by atoms with Crippen molar-refractivity contribution in [3.8, 4) is 5.75 Å². The molecule has 1 aromatic carbocycles. The number of benzene rings is 1. The van der Waals surface area contributed by atoms with Crippen LogP contribution in [0.5, 0.6) is 5.75 Å². The molecule has 0 heterocycles. The van der Waals surface area contributed by atoms with Crippen LogP contribution in [0.2, 0.25) is 0 Å². The van der Waals surface area contributed by atoms with E-state index < -0.39 is 0 Å². The minimum atomic E-state index is -0.303. The third kappa shape index (κ3) is 4.49. The molecule has 0 bridgehead atoms. The van der Waals surface area contributed by atoms with E-state index in [1.807, 2.05) is 0 Å². The molecule has 1 rings (SSSR count). The van der Waals surface area contributed by atoms with Gasteiger partial charge in [-0.15, -0.1) is 0 Å². The number of hydrogen-bond acceptors (Lipinski definition) is 2.